The standard InChI is InChI=1S/C24H22Cl2N4/c1-15-10-19(26)12-20-22(15)30-23(29-20)24(8-3-9-24)17-6-7-21(28-14-17)27-13-16-4-2-5-18(25)11-16/h2,4-7,10-12,14H,3,8-9,13H2,1H3,(H,27,28)(H,29,30). The van der Waals surface area contributed by atoms with Crippen LogP contribution in [-0.2, 0) is 12.0 Å². The van der Waals surface area contributed by atoms with Crippen LogP contribution < -0.4 is 5.32 Å². The first-order valence-electron chi connectivity index (χ1n) is 10.1. The Morgan fingerprint density at radius 1 is 1.07 bits per heavy atom. The molecule has 4 nitrogen and oxygen atoms in total. The molecule has 0 saturated heterocycles. The molecule has 2 aromatic heterocycles. The number of hydrogen-bond donors (Lipinski definition) is 2. The molecule has 2 aromatic carbocycles. The SMILES string of the molecule is Cc1cc(Cl)cc2[nH]c(C3(c4ccc(NCc5cccc(Cl)c5)nc4)CCC3)nc12. The minimum Gasteiger partial charge on any atom is -0.366 e. The molecule has 1 fully saturated rings. The highest BCUT2D eigenvalue weighted by Crippen LogP contribution is 2.48. The van der Waals surface area contributed by atoms with Crippen molar-refractivity contribution < 1.29 is 0 Å². The van der Waals surface area contributed by atoms with Crippen LogP contribution in [0.5, 0.6) is 0 Å². The van der Waals surface area contributed by atoms with Gasteiger partial charge in [-0.25, -0.2) is 9.97 Å². The van der Waals surface area contributed by atoms with Crippen molar-refractivity contribution in [2.24, 2.45) is 0 Å². The number of nitrogens with one attached hydrogen (secondary N) is 2. The Morgan fingerprint density at radius 2 is 1.93 bits per heavy atom. The molecule has 0 atom stereocenters. The fraction of sp³-hybridized carbons (Fsp3) is 0.250. The van der Waals surface area contributed by atoms with E-state index in [2.05, 4.69) is 21.4 Å². The molecule has 4 aromatic rings. The van der Waals surface area contributed by atoms with Gasteiger partial charge in [-0.05, 0) is 66.8 Å². The van der Waals surface area contributed by atoms with E-state index in [-0.39, 0.29) is 5.41 Å². The maximum atomic E-state index is 6.24. The van der Waals surface area contributed by atoms with Crippen molar-refractivity contribution in [1.29, 1.82) is 0 Å². The predicted molar refractivity (Wildman–Crippen MR) is 123 cm³/mol. The second-order valence-electron chi connectivity index (χ2n) is 8.06. The largest absolute Gasteiger partial charge is 0.366 e. The molecule has 0 unspecified atom stereocenters. The third kappa shape index (κ3) is 3.44. The van der Waals surface area contributed by atoms with Gasteiger partial charge in [-0.15, -0.1) is 0 Å². The molecule has 5 rings (SSSR count). The summed E-state index contributed by atoms with van der Waals surface area (Å²) >= 11 is 12.3. The number of pyridine rings is 1. The molecule has 1 aliphatic carbocycles. The summed E-state index contributed by atoms with van der Waals surface area (Å²) < 4.78 is 0. The Kier molecular flexibility index (Phi) is 4.92. The van der Waals surface area contributed by atoms with Crippen LogP contribution >= 0.6 is 23.2 Å². The molecule has 152 valence electrons. The fourth-order valence-electron chi connectivity index (χ4n) is 4.29. The van der Waals surface area contributed by atoms with E-state index in [1.807, 2.05) is 55.6 Å². The number of aryl methyl sites for hydroxylation is 1. The van der Waals surface area contributed by atoms with Gasteiger partial charge < -0.3 is 10.3 Å². The Balaban J connectivity index is 1.40. The number of rotatable bonds is 5. The molecule has 0 spiro atoms. The highest BCUT2D eigenvalue weighted by molar-refractivity contribution is 6.31. The van der Waals surface area contributed by atoms with E-state index in [1.165, 1.54) is 12.0 Å². The molecule has 0 amide bonds. The Hall–Kier alpha value is -2.56. The summed E-state index contributed by atoms with van der Waals surface area (Å²) in [4.78, 5) is 13.2. The van der Waals surface area contributed by atoms with E-state index in [9.17, 15) is 0 Å². The number of hydrogen-bond acceptors (Lipinski definition) is 3. The molecule has 6 heteroatoms. The number of aromatic nitrogens is 3. The Morgan fingerprint density at radius 3 is 2.63 bits per heavy atom. The van der Waals surface area contributed by atoms with Gasteiger partial charge in [0.25, 0.3) is 0 Å². The Bertz CT molecular complexity index is 1210. The van der Waals surface area contributed by atoms with Crippen LogP contribution in [0.25, 0.3) is 11.0 Å². The van der Waals surface area contributed by atoms with Gasteiger partial charge in [-0.3, -0.25) is 0 Å². The van der Waals surface area contributed by atoms with Gasteiger partial charge in [0, 0.05) is 22.8 Å². The number of aromatic amines is 1. The molecule has 1 saturated carbocycles. The number of fused-ring (bicyclic) bond motifs is 1. The van der Waals surface area contributed by atoms with Gasteiger partial charge >= 0.3 is 0 Å². The molecular weight excluding hydrogens is 415 g/mol. The third-order valence-electron chi connectivity index (χ3n) is 6.08. The van der Waals surface area contributed by atoms with E-state index in [1.54, 1.807) is 0 Å². The molecule has 0 aliphatic heterocycles. The van der Waals surface area contributed by atoms with Crippen LogP contribution in [0.15, 0.2) is 54.7 Å². The lowest BCUT2D eigenvalue weighted by Gasteiger charge is -2.40. The first-order valence-corrected chi connectivity index (χ1v) is 10.9. The van der Waals surface area contributed by atoms with Crippen LogP contribution in [0.1, 0.15) is 41.8 Å². The third-order valence-corrected chi connectivity index (χ3v) is 6.53. The molecule has 2 heterocycles. The highest BCUT2D eigenvalue weighted by atomic mass is 35.5. The average molecular weight is 437 g/mol. The van der Waals surface area contributed by atoms with E-state index in [0.717, 1.165) is 56.7 Å². The summed E-state index contributed by atoms with van der Waals surface area (Å²) in [7, 11) is 0. The summed E-state index contributed by atoms with van der Waals surface area (Å²) in [6.45, 7) is 2.73. The molecule has 1 aliphatic rings. The lowest BCUT2D eigenvalue weighted by atomic mass is 9.64. The molecule has 2 N–H and O–H groups in total. The zero-order chi connectivity index (χ0) is 20.7. The fourth-order valence-corrected chi connectivity index (χ4v) is 4.77. The van der Waals surface area contributed by atoms with E-state index >= 15 is 0 Å². The number of H-pyrrole nitrogens is 1. The number of benzene rings is 2. The van der Waals surface area contributed by atoms with Gasteiger partial charge in [0.2, 0.25) is 0 Å². The van der Waals surface area contributed by atoms with Crippen molar-refractivity contribution in [3.8, 4) is 0 Å². The van der Waals surface area contributed by atoms with Crippen molar-refractivity contribution in [2.45, 2.75) is 38.1 Å². The summed E-state index contributed by atoms with van der Waals surface area (Å²) in [6.07, 6.45) is 5.30. The minimum atomic E-state index is -0.101. The second-order valence-corrected chi connectivity index (χ2v) is 8.93. The number of anilines is 1. The highest BCUT2D eigenvalue weighted by Gasteiger charge is 2.43. The number of nitrogens with zero attached hydrogens (tertiary/aromatic N) is 2. The van der Waals surface area contributed by atoms with Crippen LogP contribution in [0.4, 0.5) is 5.82 Å². The van der Waals surface area contributed by atoms with Crippen LogP contribution in [-0.4, -0.2) is 15.0 Å². The van der Waals surface area contributed by atoms with E-state index < -0.39 is 0 Å². The van der Waals surface area contributed by atoms with Crippen molar-refractivity contribution >= 4 is 40.1 Å². The van der Waals surface area contributed by atoms with Crippen LogP contribution in [0.2, 0.25) is 10.0 Å². The van der Waals surface area contributed by atoms with Crippen LogP contribution in [0, 0.1) is 6.92 Å². The smallest absolute Gasteiger partial charge is 0.126 e. The van der Waals surface area contributed by atoms with Crippen LogP contribution in [0.3, 0.4) is 0 Å². The molecular formula is C24H22Cl2N4. The molecule has 0 radical (unpaired) electrons. The van der Waals surface area contributed by atoms with Crippen molar-refractivity contribution in [3.63, 3.8) is 0 Å². The number of halogens is 2. The lowest BCUT2D eigenvalue weighted by molar-refractivity contribution is 0.287. The zero-order valence-corrected chi connectivity index (χ0v) is 18.2. The quantitative estimate of drug-likeness (QED) is 0.367. The van der Waals surface area contributed by atoms with Gasteiger partial charge in [-0.2, -0.15) is 0 Å². The minimum absolute atomic E-state index is 0.101. The van der Waals surface area contributed by atoms with Crippen molar-refractivity contribution in [3.05, 3.63) is 87.3 Å². The zero-order valence-electron chi connectivity index (χ0n) is 16.7. The van der Waals surface area contributed by atoms with Gasteiger partial charge in [0.15, 0.2) is 0 Å². The second kappa shape index (κ2) is 7.60. The number of imidazole rings is 1. The van der Waals surface area contributed by atoms with E-state index in [0.29, 0.717) is 6.54 Å². The summed E-state index contributed by atoms with van der Waals surface area (Å²) in [5, 5.41) is 4.84. The van der Waals surface area contributed by atoms with Crippen molar-refractivity contribution in [1.82, 2.24) is 15.0 Å². The summed E-state index contributed by atoms with van der Waals surface area (Å²) in [6, 6.07) is 16.0. The summed E-state index contributed by atoms with van der Waals surface area (Å²) in [5.41, 5.74) is 5.30. The van der Waals surface area contributed by atoms with Gasteiger partial charge in [0.05, 0.1) is 16.4 Å². The average Bonchev–Trinajstić information content (AvgIpc) is 3.11. The molecule has 30 heavy (non-hydrogen) atoms. The first kappa shape index (κ1) is 19.4. The maximum absolute atomic E-state index is 6.24. The normalized spacial score (nSPS) is 15.2. The predicted octanol–water partition coefficient (Wildman–Crippen LogP) is 6.66. The lowest BCUT2D eigenvalue weighted by Crippen LogP contribution is -2.36. The van der Waals surface area contributed by atoms with E-state index in [4.69, 9.17) is 28.2 Å². The van der Waals surface area contributed by atoms with Gasteiger partial charge in [0.1, 0.15) is 11.6 Å². The monoisotopic (exact) mass is 436 g/mol. The van der Waals surface area contributed by atoms with Gasteiger partial charge in [-0.1, -0.05) is 47.8 Å². The van der Waals surface area contributed by atoms with Crippen molar-refractivity contribution in [2.75, 3.05) is 5.32 Å². The molecule has 0 bridgehead atoms. The topological polar surface area (TPSA) is 53.6 Å². The first-order chi connectivity index (χ1) is 14.5. The maximum Gasteiger partial charge on any atom is 0.126 e. The Labute approximate surface area is 185 Å². The summed E-state index contributed by atoms with van der Waals surface area (Å²) in [5.74, 6) is 1.86.